The number of carbonyl (C=O) groups excluding carboxylic acids is 2. The number of benzene rings is 1. The van der Waals surface area contributed by atoms with Crippen LogP contribution in [0.3, 0.4) is 0 Å². The summed E-state index contributed by atoms with van der Waals surface area (Å²) >= 11 is 0. The third-order valence-electron chi connectivity index (χ3n) is 3.12. The standard InChI is InChI=1S/C14H14F4O2/c1-7(9(3)19)4-10-6-11(8(2)5-12(10)15)13(20)14(16,17)18/h5-7H,4H2,1-3H3/i15-1. The van der Waals surface area contributed by atoms with Crippen LogP contribution < -0.4 is 0 Å². The van der Waals surface area contributed by atoms with Crippen LogP contribution in [-0.2, 0) is 11.2 Å². The molecule has 1 atom stereocenters. The maximum Gasteiger partial charge on any atom is 0.454 e. The quantitative estimate of drug-likeness (QED) is 0.626. The average Bonchev–Trinajstić information content (AvgIpc) is 2.30. The van der Waals surface area contributed by atoms with Gasteiger partial charge in [-0.05, 0) is 43.5 Å². The number of halogens is 4. The lowest BCUT2D eigenvalue weighted by atomic mass is 9.93. The molecule has 0 N–H and O–H groups in total. The molecular weight excluding hydrogens is 275 g/mol. The van der Waals surface area contributed by atoms with Gasteiger partial charge in [0.15, 0.2) is 0 Å². The van der Waals surface area contributed by atoms with Crippen molar-refractivity contribution < 1.29 is 27.2 Å². The van der Waals surface area contributed by atoms with E-state index in [4.69, 9.17) is 0 Å². The van der Waals surface area contributed by atoms with E-state index < -0.39 is 29.3 Å². The lowest BCUT2D eigenvalue weighted by molar-refractivity contribution is -0.120. The summed E-state index contributed by atoms with van der Waals surface area (Å²) in [6, 6.07) is 1.78. The van der Waals surface area contributed by atoms with Crippen LogP contribution in [0, 0.1) is 18.7 Å². The van der Waals surface area contributed by atoms with Crippen molar-refractivity contribution in [3.05, 3.63) is 34.6 Å². The largest absolute Gasteiger partial charge is 0.454 e. The van der Waals surface area contributed by atoms with E-state index in [0.717, 1.165) is 12.1 Å². The number of alkyl halides is 3. The molecule has 1 aromatic rings. The SMILES string of the molecule is CC(=O)C(C)Cc1cc(C(=O)C(F)(F)F)c(C)cc1[18F]. The van der Waals surface area contributed by atoms with Gasteiger partial charge in [0.2, 0.25) is 0 Å². The molecule has 0 amide bonds. The Morgan fingerprint density at radius 2 is 1.80 bits per heavy atom. The molecule has 0 aliphatic heterocycles. The van der Waals surface area contributed by atoms with E-state index in [-0.39, 0.29) is 23.3 Å². The number of carbonyl (C=O) groups is 2. The van der Waals surface area contributed by atoms with Crippen LogP contribution in [0.2, 0.25) is 0 Å². The monoisotopic (exact) mass is 289 g/mol. The van der Waals surface area contributed by atoms with Crippen LogP contribution in [0.1, 0.15) is 35.3 Å². The predicted octanol–water partition coefficient (Wildman–Crippen LogP) is 3.65. The van der Waals surface area contributed by atoms with Crippen LogP contribution >= 0.6 is 0 Å². The maximum atomic E-state index is 13.7. The van der Waals surface area contributed by atoms with Gasteiger partial charge < -0.3 is 0 Å². The Bertz CT molecular complexity index is 547. The minimum Gasteiger partial charge on any atom is -0.300 e. The summed E-state index contributed by atoms with van der Waals surface area (Å²) in [6.45, 7) is 4.10. The number of ketones is 2. The van der Waals surface area contributed by atoms with Crippen molar-refractivity contribution in [3.8, 4) is 0 Å². The van der Waals surface area contributed by atoms with Gasteiger partial charge in [-0.2, -0.15) is 13.2 Å². The fourth-order valence-electron chi connectivity index (χ4n) is 1.74. The van der Waals surface area contributed by atoms with Gasteiger partial charge >= 0.3 is 6.18 Å². The van der Waals surface area contributed by atoms with Gasteiger partial charge in [0.05, 0.1) is 0 Å². The van der Waals surface area contributed by atoms with Crippen molar-refractivity contribution >= 4 is 11.6 Å². The van der Waals surface area contributed by atoms with E-state index >= 15 is 0 Å². The molecule has 110 valence electrons. The first-order valence-electron chi connectivity index (χ1n) is 5.95. The first-order chi connectivity index (χ1) is 9.04. The van der Waals surface area contributed by atoms with Crippen LogP contribution in [0.4, 0.5) is 17.6 Å². The Balaban J connectivity index is 3.23. The molecule has 0 heterocycles. The van der Waals surface area contributed by atoms with E-state index in [1.54, 1.807) is 6.92 Å². The van der Waals surface area contributed by atoms with E-state index in [1.165, 1.54) is 13.8 Å². The molecule has 20 heavy (non-hydrogen) atoms. The molecule has 0 spiro atoms. The molecule has 0 saturated heterocycles. The first-order valence-corrected chi connectivity index (χ1v) is 5.95. The Labute approximate surface area is 113 Å². The topological polar surface area (TPSA) is 34.1 Å². The van der Waals surface area contributed by atoms with Crippen LogP contribution in [0.5, 0.6) is 0 Å². The number of Topliss-reactive ketones (excluding diaryl/α,β-unsaturated/α-hetero) is 2. The summed E-state index contributed by atoms with van der Waals surface area (Å²) in [5, 5.41) is 0. The zero-order valence-corrected chi connectivity index (χ0v) is 11.3. The Kier molecular flexibility index (Phi) is 4.68. The van der Waals surface area contributed by atoms with Gasteiger partial charge in [0.1, 0.15) is 11.6 Å². The second-order valence-electron chi connectivity index (χ2n) is 4.80. The van der Waals surface area contributed by atoms with Crippen molar-refractivity contribution in [3.63, 3.8) is 0 Å². The zero-order chi connectivity index (χ0) is 15.7. The third-order valence-corrected chi connectivity index (χ3v) is 3.12. The number of rotatable bonds is 4. The Morgan fingerprint density at radius 3 is 2.25 bits per heavy atom. The van der Waals surface area contributed by atoms with E-state index in [1.807, 2.05) is 0 Å². The predicted molar refractivity (Wildman–Crippen MR) is 65.1 cm³/mol. The van der Waals surface area contributed by atoms with Crippen LogP contribution in [0.15, 0.2) is 12.1 Å². The number of aryl methyl sites for hydroxylation is 1. The smallest absolute Gasteiger partial charge is 0.300 e. The highest BCUT2D eigenvalue weighted by Crippen LogP contribution is 2.26. The zero-order valence-electron chi connectivity index (χ0n) is 11.3. The third kappa shape index (κ3) is 3.65. The second kappa shape index (κ2) is 5.73. The van der Waals surface area contributed by atoms with Gasteiger partial charge in [-0.25, -0.2) is 4.39 Å². The molecule has 0 aliphatic carbocycles. The van der Waals surface area contributed by atoms with Crippen LogP contribution in [0.25, 0.3) is 0 Å². The molecule has 2 nitrogen and oxygen atoms in total. The van der Waals surface area contributed by atoms with Crippen molar-refractivity contribution in [2.45, 2.75) is 33.4 Å². The fourth-order valence-corrected chi connectivity index (χ4v) is 1.74. The highest BCUT2D eigenvalue weighted by molar-refractivity contribution is 6.01. The van der Waals surface area contributed by atoms with Gasteiger partial charge in [0.25, 0.3) is 5.78 Å². The first kappa shape index (κ1) is 16.3. The Hall–Kier alpha value is -1.72. The number of hydrogen-bond donors (Lipinski definition) is 0. The molecule has 1 aromatic carbocycles. The highest BCUT2D eigenvalue weighted by atomic mass is 19.4. The minimum absolute atomic E-state index is 0.0421. The molecule has 0 aromatic heterocycles. The molecule has 0 bridgehead atoms. The highest BCUT2D eigenvalue weighted by Gasteiger charge is 2.40. The van der Waals surface area contributed by atoms with E-state index in [2.05, 4.69) is 0 Å². The van der Waals surface area contributed by atoms with Gasteiger partial charge in [-0.3, -0.25) is 9.59 Å². The summed E-state index contributed by atoms with van der Waals surface area (Å²) in [5.74, 6) is -3.45. The van der Waals surface area contributed by atoms with Crippen molar-refractivity contribution in [2.24, 2.45) is 5.92 Å². The summed E-state index contributed by atoms with van der Waals surface area (Å²) in [6.07, 6.45) is -5.05. The molecule has 0 saturated carbocycles. The van der Waals surface area contributed by atoms with Gasteiger partial charge in [-0.1, -0.05) is 6.92 Å². The summed E-state index contributed by atoms with van der Waals surface area (Å²) in [5.41, 5.74) is -0.723. The molecule has 0 radical (unpaired) electrons. The normalized spacial score (nSPS) is 13.2. The summed E-state index contributed by atoms with van der Waals surface area (Å²) < 4.78 is 51.0. The van der Waals surface area contributed by atoms with Gasteiger partial charge in [0, 0.05) is 11.5 Å². The summed E-state index contributed by atoms with van der Waals surface area (Å²) in [7, 11) is 0. The molecule has 6 heteroatoms. The molecular formula is C14H14F4O2. The maximum absolute atomic E-state index is 13.7. The molecule has 1 unspecified atom stereocenters. The van der Waals surface area contributed by atoms with Gasteiger partial charge in [-0.15, -0.1) is 0 Å². The van der Waals surface area contributed by atoms with E-state index in [0.29, 0.717) is 0 Å². The van der Waals surface area contributed by atoms with Crippen molar-refractivity contribution in [2.75, 3.05) is 0 Å². The van der Waals surface area contributed by atoms with Crippen molar-refractivity contribution in [1.29, 1.82) is 0 Å². The minimum atomic E-state index is -5.01. The lowest BCUT2D eigenvalue weighted by Crippen LogP contribution is -2.24. The fraction of sp³-hybridized carbons (Fsp3) is 0.429. The van der Waals surface area contributed by atoms with Crippen molar-refractivity contribution in [1.82, 2.24) is 0 Å². The average molecular weight is 289 g/mol. The molecule has 0 aliphatic rings. The summed E-state index contributed by atoms with van der Waals surface area (Å²) in [4.78, 5) is 22.4. The second-order valence-corrected chi connectivity index (χ2v) is 4.80. The molecule has 1 rings (SSSR count). The molecule has 0 fully saturated rings. The lowest BCUT2D eigenvalue weighted by Gasteiger charge is -2.13. The Morgan fingerprint density at radius 1 is 1.25 bits per heavy atom. The number of hydrogen-bond acceptors (Lipinski definition) is 2. The van der Waals surface area contributed by atoms with Crippen LogP contribution in [-0.4, -0.2) is 17.7 Å². The van der Waals surface area contributed by atoms with E-state index in [9.17, 15) is 27.2 Å².